The summed E-state index contributed by atoms with van der Waals surface area (Å²) < 4.78 is 27.8. The van der Waals surface area contributed by atoms with Crippen LogP contribution in [0.2, 0.25) is 0 Å². The van der Waals surface area contributed by atoms with Crippen LogP contribution in [0.3, 0.4) is 0 Å². The van der Waals surface area contributed by atoms with Crippen LogP contribution in [-0.4, -0.2) is 51.1 Å². The van der Waals surface area contributed by atoms with Crippen LogP contribution < -0.4 is 11.4 Å². The van der Waals surface area contributed by atoms with Gasteiger partial charge in [0.05, 0.1) is 6.10 Å². The van der Waals surface area contributed by atoms with Crippen LogP contribution in [0.25, 0.3) is 0 Å². The number of nitrogens with two attached hydrogens (primary N) is 1. The van der Waals surface area contributed by atoms with Gasteiger partial charge in [-0.2, -0.15) is 4.98 Å². The van der Waals surface area contributed by atoms with Crippen molar-refractivity contribution in [3.05, 3.63) is 22.7 Å². The van der Waals surface area contributed by atoms with Gasteiger partial charge in [0.2, 0.25) is 0 Å². The van der Waals surface area contributed by atoms with E-state index in [0.717, 1.165) is 4.57 Å². The molecule has 10 nitrogen and oxygen atoms in total. The lowest BCUT2D eigenvalue weighted by Crippen LogP contribution is -2.40. The highest BCUT2D eigenvalue weighted by Crippen LogP contribution is 2.38. The van der Waals surface area contributed by atoms with Gasteiger partial charge >= 0.3 is 13.9 Å². The second kappa shape index (κ2) is 6.78. The Morgan fingerprint density at radius 3 is 2.73 bits per heavy atom. The number of methoxy groups -OCH3 is 1. The zero-order valence-corrected chi connectivity index (χ0v) is 12.8. The van der Waals surface area contributed by atoms with Crippen LogP contribution in [0.15, 0.2) is 17.1 Å². The van der Waals surface area contributed by atoms with Gasteiger partial charge in [-0.3, -0.25) is 4.57 Å². The molecule has 1 aromatic rings. The minimum absolute atomic E-state index is 0.0477. The van der Waals surface area contributed by atoms with E-state index in [2.05, 4.69) is 4.98 Å². The number of nitrogens with zero attached hydrogens (tertiary/aromatic N) is 2. The Kier molecular flexibility index (Phi) is 5.22. The third kappa shape index (κ3) is 3.32. The first-order chi connectivity index (χ1) is 10.3. The molecule has 0 saturated carbocycles. The molecular formula is C11H17N3O7P+. The molecule has 6 atom stereocenters. The molecule has 0 spiro atoms. The molecule has 1 fully saturated rings. The van der Waals surface area contributed by atoms with Crippen LogP contribution >= 0.6 is 8.25 Å². The average Bonchev–Trinajstić information content (AvgIpc) is 2.76. The van der Waals surface area contributed by atoms with E-state index < -0.39 is 44.6 Å². The number of hydrogen-bond acceptors (Lipinski definition) is 8. The molecule has 0 radical (unpaired) electrons. The van der Waals surface area contributed by atoms with Crippen LogP contribution in [0, 0.1) is 0 Å². The highest BCUT2D eigenvalue weighted by molar-refractivity contribution is 7.32. The Morgan fingerprint density at radius 2 is 2.23 bits per heavy atom. The van der Waals surface area contributed by atoms with Crippen molar-refractivity contribution < 1.29 is 28.6 Å². The van der Waals surface area contributed by atoms with Gasteiger partial charge in [0.25, 0.3) is 0 Å². The summed E-state index contributed by atoms with van der Waals surface area (Å²) in [7, 11) is -1.60. The second-order valence-corrected chi connectivity index (χ2v) is 5.47. The average molecular weight is 334 g/mol. The van der Waals surface area contributed by atoms with Gasteiger partial charge in [-0.1, -0.05) is 0 Å². The summed E-state index contributed by atoms with van der Waals surface area (Å²) >= 11 is 0. The van der Waals surface area contributed by atoms with Gasteiger partial charge < -0.3 is 20.3 Å². The summed E-state index contributed by atoms with van der Waals surface area (Å²) in [6.45, 7) is 1.44. The van der Waals surface area contributed by atoms with Crippen molar-refractivity contribution in [2.24, 2.45) is 0 Å². The predicted molar refractivity (Wildman–Crippen MR) is 74.0 cm³/mol. The van der Waals surface area contributed by atoms with Crippen molar-refractivity contribution >= 4 is 14.1 Å². The van der Waals surface area contributed by atoms with Gasteiger partial charge in [-0.05, 0) is 13.0 Å². The van der Waals surface area contributed by atoms with Crippen LogP contribution in [0.4, 0.5) is 5.82 Å². The zero-order valence-electron chi connectivity index (χ0n) is 11.9. The third-order valence-electron chi connectivity index (χ3n) is 3.31. The molecule has 1 aliphatic rings. The summed E-state index contributed by atoms with van der Waals surface area (Å²) in [5.41, 5.74) is 4.75. The Bertz CT molecular complexity index is 608. The third-order valence-corrected chi connectivity index (χ3v) is 3.73. The minimum Gasteiger partial charge on any atom is -0.391 e. The summed E-state index contributed by atoms with van der Waals surface area (Å²) in [5, 5.41) is 9.77. The fraction of sp³-hybridized carbons (Fsp3) is 0.636. The zero-order chi connectivity index (χ0) is 16.4. The number of ether oxygens (including phenoxy) is 2. The first kappa shape index (κ1) is 16.9. The molecule has 1 aromatic heterocycles. The first-order valence-corrected chi connectivity index (χ1v) is 7.52. The van der Waals surface area contributed by atoms with E-state index in [0.29, 0.717) is 0 Å². The normalized spacial score (nSPS) is 30.3. The van der Waals surface area contributed by atoms with Crippen molar-refractivity contribution in [3.8, 4) is 0 Å². The smallest absolute Gasteiger partial charge is 0.391 e. The Hall–Kier alpha value is -1.42. The highest BCUT2D eigenvalue weighted by Gasteiger charge is 2.52. The Morgan fingerprint density at radius 1 is 1.55 bits per heavy atom. The molecule has 0 bridgehead atoms. The molecule has 0 aliphatic carbocycles. The molecule has 4 N–H and O–H groups in total. The number of rotatable bonds is 5. The van der Waals surface area contributed by atoms with E-state index in [4.69, 9.17) is 24.6 Å². The van der Waals surface area contributed by atoms with E-state index in [9.17, 15) is 14.5 Å². The molecule has 22 heavy (non-hydrogen) atoms. The fourth-order valence-corrected chi connectivity index (χ4v) is 2.82. The minimum atomic E-state index is -2.94. The van der Waals surface area contributed by atoms with Crippen molar-refractivity contribution in [3.63, 3.8) is 0 Å². The number of aliphatic hydroxyl groups excluding tert-OH is 1. The topological polar surface area (TPSA) is 146 Å². The number of nitrogen functional groups attached to an aromatic ring is 1. The molecule has 122 valence electrons. The van der Waals surface area contributed by atoms with Gasteiger partial charge in [-0.15, -0.1) is 9.42 Å². The van der Waals surface area contributed by atoms with Crippen molar-refractivity contribution in [1.82, 2.24) is 9.55 Å². The molecule has 2 rings (SSSR count). The maximum atomic E-state index is 11.9. The summed E-state index contributed by atoms with van der Waals surface area (Å²) in [6.07, 6.45) is -3.51. The van der Waals surface area contributed by atoms with Gasteiger partial charge in [-0.25, -0.2) is 4.79 Å². The van der Waals surface area contributed by atoms with E-state index in [1.54, 1.807) is 0 Å². The molecule has 0 amide bonds. The predicted octanol–water partition coefficient (Wildman–Crippen LogP) is -0.846. The van der Waals surface area contributed by atoms with Gasteiger partial charge in [0, 0.05) is 17.9 Å². The van der Waals surface area contributed by atoms with Crippen molar-refractivity contribution in [2.45, 2.75) is 37.6 Å². The van der Waals surface area contributed by atoms with E-state index in [-0.39, 0.29) is 5.82 Å². The number of anilines is 1. The maximum absolute atomic E-state index is 11.9. The largest absolute Gasteiger partial charge is 0.695 e. The van der Waals surface area contributed by atoms with Gasteiger partial charge in [0.1, 0.15) is 18.0 Å². The second-order valence-electron chi connectivity index (χ2n) is 4.78. The summed E-state index contributed by atoms with van der Waals surface area (Å²) in [6, 6.07) is 1.40. The van der Waals surface area contributed by atoms with E-state index in [1.165, 1.54) is 26.3 Å². The van der Waals surface area contributed by atoms with E-state index in [1.807, 2.05) is 0 Å². The number of hydrogen-bond donors (Lipinski definition) is 3. The lowest BCUT2D eigenvalue weighted by Gasteiger charge is -2.19. The molecule has 1 aliphatic heterocycles. The lowest BCUT2D eigenvalue weighted by atomic mass is 10.1. The maximum Gasteiger partial charge on any atom is 0.695 e. The number of aliphatic hydroxyl groups is 1. The standard InChI is InChI=1S/C11H16N3O7P/c1-5(15)7-8(21-22(17)18)9(19-2)10(20-7)14-4-3-6(12)13-11(14)16/h3-5,7-10,15H,1-2H3,(H2-,12,13,16,17,18)/p+1/t5-,7-,8+,9?,10-/m1/s1. The SMILES string of the molecule is COC1[C@@H](O[P+](=O)O)[C@@H]([C@@H](C)O)O[C@H]1n1ccc(N)nc1=O. The molecule has 11 heteroatoms. The van der Waals surface area contributed by atoms with Crippen LogP contribution in [0.5, 0.6) is 0 Å². The molecule has 2 unspecified atom stereocenters. The highest BCUT2D eigenvalue weighted by atomic mass is 31.1. The Balaban J connectivity index is 2.39. The monoisotopic (exact) mass is 334 g/mol. The summed E-state index contributed by atoms with van der Waals surface area (Å²) in [4.78, 5) is 24.5. The van der Waals surface area contributed by atoms with Gasteiger partial charge in [0.15, 0.2) is 12.3 Å². The van der Waals surface area contributed by atoms with Crippen LogP contribution in [0.1, 0.15) is 13.2 Å². The fourth-order valence-electron chi connectivity index (χ4n) is 2.37. The van der Waals surface area contributed by atoms with Crippen LogP contribution in [-0.2, 0) is 18.6 Å². The Labute approximate surface area is 126 Å². The summed E-state index contributed by atoms with van der Waals surface area (Å²) in [5.74, 6) is 0.0477. The molecule has 0 aromatic carbocycles. The van der Waals surface area contributed by atoms with E-state index >= 15 is 0 Å². The van der Waals surface area contributed by atoms with Crippen molar-refractivity contribution in [2.75, 3.05) is 12.8 Å². The quantitative estimate of drug-likeness (QED) is 0.586. The molecule has 1 saturated heterocycles. The lowest BCUT2D eigenvalue weighted by molar-refractivity contribution is -0.0816. The first-order valence-electron chi connectivity index (χ1n) is 6.39. The molecular weight excluding hydrogens is 317 g/mol. The number of aromatic nitrogens is 2. The van der Waals surface area contributed by atoms with Crippen molar-refractivity contribution in [1.29, 1.82) is 0 Å². The molecule has 2 heterocycles.